The van der Waals surface area contributed by atoms with Crippen molar-refractivity contribution < 1.29 is 17.9 Å². The summed E-state index contributed by atoms with van der Waals surface area (Å²) in [5, 5.41) is 6.63. The summed E-state index contributed by atoms with van der Waals surface area (Å²) in [6.45, 7) is 6.21. The molecule has 9 nitrogen and oxygen atoms in total. The molecule has 2 N–H and O–H groups in total. The summed E-state index contributed by atoms with van der Waals surface area (Å²) >= 11 is 0. The quantitative estimate of drug-likeness (QED) is 0.811. The second-order valence-electron chi connectivity index (χ2n) is 6.87. The lowest BCUT2D eigenvalue weighted by Crippen LogP contribution is -2.45. The summed E-state index contributed by atoms with van der Waals surface area (Å²) in [7, 11) is -3.71. The maximum atomic E-state index is 12.6. The Hall–Kier alpha value is -2.17. The Morgan fingerprint density at radius 3 is 2.44 bits per heavy atom. The van der Waals surface area contributed by atoms with Crippen LogP contribution in [0.25, 0.3) is 0 Å². The van der Waals surface area contributed by atoms with Crippen molar-refractivity contribution in [1.29, 1.82) is 0 Å². The normalized spacial score (nSPS) is 19.6. The molecule has 4 heterocycles. The van der Waals surface area contributed by atoms with Gasteiger partial charge in [-0.25, -0.2) is 13.4 Å². The fraction of sp³-hybridized carbons (Fsp3) is 0.529. The molecule has 0 aromatic carbocycles. The van der Waals surface area contributed by atoms with Gasteiger partial charge in [0.15, 0.2) is 5.79 Å². The van der Waals surface area contributed by atoms with Gasteiger partial charge in [-0.1, -0.05) is 0 Å². The van der Waals surface area contributed by atoms with Gasteiger partial charge in [0.2, 0.25) is 0 Å². The summed E-state index contributed by atoms with van der Waals surface area (Å²) in [6, 6.07) is 3.54. The topological polar surface area (TPSA) is 109 Å². The number of piperidine rings is 1. The first-order chi connectivity index (χ1) is 12.9. The average Bonchev–Trinajstić information content (AvgIpc) is 3.23. The molecule has 0 amide bonds. The molecule has 27 heavy (non-hydrogen) atoms. The fourth-order valence-corrected chi connectivity index (χ4v) is 5.05. The van der Waals surface area contributed by atoms with E-state index in [2.05, 4.69) is 24.8 Å². The summed E-state index contributed by atoms with van der Waals surface area (Å²) in [5.74, 6) is 0.383. The van der Waals surface area contributed by atoms with Crippen LogP contribution in [0, 0.1) is 13.8 Å². The molecule has 4 rings (SSSR count). The van der Waals surface area contributed by atoms with Crippen LogP contribution in [0.5, 0.6) is 0 Å². The second kappa shape index (κ2) is 6.77. The molecule has 0 saturated carbocycles. The Morgan fingerprint density at radius 2 is 1.89 bits per heavy atom. The van der Waals surface area contributed by atoms with Crippen LogP contribution in [0.2, 0.25) is 0 Å². The molecular weight excluding hydrogens is 370 g/mol. The Balaban J connectivity index is 1.44. The molecule has 2 aliphatic heterocycles. The molecule has 2 saturated heterocycles. The third-order valence-corrected chi connectivity index (χ3v) is 6.64. The first-order valence-corrected chi connectivity index (χ1v) is 10.4. The molecule has 2 fully saturated rings. The third kappa shape index (κ3) is 3.52. The van der Waals surface area contributed by atoms with Gasteiger partial charge in [0.1, 0.15) is 10.7 Å². The number of aromatic nitrogens is 3. The standard InChI is InChI=1S/C17H23N5O4S/c1-12-16(13(2)20-19-12)27(23,24)21-14-3-4-15(18-11-14)22-7-5-17(6-8-22)25-9-10-26-17/h3-4,11,21H,5-10H2,1-2H3,(H,19,20). The predicted molar refractivity (Wildman–Crippen MR) is 99.2 cm³/mol. The van der Waals surface area contributed by atoms with E-state index < -0.39 is 15.8 Å². The molecule has 0 unspecified atom stereocenters. The van der Waals surface area contributed by atoms with Gasteiger partial charge in [0, 0.05) is 25.9 Å². The predicted octanol–water partition coefficient (Wildman–Crippen LogP) is 1.57. The second-order valence-corrected chi connectivity index (χ2v) is 8.49. The van der Waals surface area contributed by atoms with E-state index >= 15 is 0 Å². The van der Waals surface area contributed by atoms with Crippen molar-refractivity contribution in [3.05, 3.63) is 29.7 Å². The minimum absolute atomic E-state index is 0.171. The van der Waals surface area contributed by atoms with Gasteiger partial charge < -0.3 is 14.4 Å². The van der Waals surface area contributed by atoms with Crippen molar-refractivity contribution in [3.63, 3.8) is 0 Å². The number of anilines is 2. The van der Waals surface area contributed by atoms with E-state index in [1.54, 1.807) is 19.9 Å². The van der Waals surface area contributed by atoms with Crippen molar-refractivity contribution in [1.82, 2.24) is 15.2 Å². The van der Waals surface area contributed by atoms with Gasteiger partial charge in [-0.05, 0) is 26.0 Å². The smallest absolute Gasteiger partial charge is 0.265 e. The van der Waals surface area contributed by atoms with Crippen LogP contribution in [-0.2, 0) is 19.5 Å². The molecule has 146 valence electrons. The zero-order valence-corrected chi connectivity index (χ0v) is 16.2. The van der Waals surface area contributed by atoms with Gasteiger partial charge in [-0.15, -0.1) is 0 Å². The number of hydrogen-bond acceptors (Lipinski definition) is 7. The highest BCUT2D eigenvalue weighted by atomic mass is 32.2. The van der Waals surface area contributed by atoms with Gasteiger partial charge in [0.05, 0.1) is 36.5 Å². The zero-order valence-electron chi connectivity index (χ0n) is 15.4. The lowest BCUT2D eigenvalue weighted by molar-refractivity contribution is -0.169. The van der Waals surface area contributed by atoms with Crippen molar-refractivity contribution in [2.45, 2.75) is 37.4 Å². The van der Waals surface area contributed by atoms with Crippen LogP contribution in [0.1, 0.15) is 24.2 Å². The molecule has 10 heteroatoms. The van der Waals surface area contributed by atoms with E-state index in [0.29, 0.717) is 30.3 Å². The molecule has 0 radical (unpaired) electrons. The molecule has 0 atom stereocenters. The average molecular weight is 393 g/mol. The van der Waals surface area contributed by atoms with Crippen LogP contribution < -0.4 is 9.62 Å². The number of pyridine rings is 1. The highest BCUT2D eigenvalue weighted by Crippen LogP contribution is 2.33. The van der Waals surface area contributed by atoms with Crippen molar-refractivity contribution in [2.24, 2.45) is 0 Å². The first-order valence-electron chi connectivity index (χ1n) is 8.92. The number of aromatic amines is 1. The molecule has 0 bridgehead atoms. The summed E-state index contributed by atoms with van der Waals surface area (Å²) in [6.07, 6.45) is 3.12. The molecule has 2 aromatic rings. The van der Waals surface area contributed by atoms with Crippen LogP contribution >= 0.6 is 0 Å². The van der Waals surface area contributed by atoms with Crippen molar-refractivity contribution in [2.75, 3.05) is 35.9 Å². The van der Waals surface area contributed by atoms with E-state index in [1.807, 2.05) is 6.07 Å². The van der Waals surface area contributed by atoms with E-state index in [1.165, 1.54) is 6.20 Å². The van der Waals surface area contributed by atoms with E-state index in [-0.39, 0.29) is 4.90 Å². The van der Waals surface area contributed by atoms with Crippen LogP contribution in [0.3, 0.4) is 0 Å². The SMILES string of the molecule is Cc1n[nH]c(C)c1S(=O)(=O)Nc1ccc(N2CCC3(CC2)OCCO3)nc1. The highest BCUT2D eigenvalue weighted by Gasteiger charge is 2.40. The van der Waals surface area contributed by atoms with Crippen molar-refractivity contribution in [3.8, 4) is 0 Å². The number of nitrogens with one attached hydrogen (secondary N) is 2. The minimum Gasteiger partial charge on any atom is -0.356 e. The van der Waals surface area contributed by atoms with Gasteiger partial charge >= 0.3 is 0 Å². The number of aryl methyl sites for hydroxylation is 2. The zero-order chi connectivity index (χ0) is 19.1. The monoisotopic (exact) mass is 393 g/mol. The maximum absolute atomic E-state index is 12.6. The van der Waals surface area contributed by atoms with Gasteiger partial charge in [0.25, 0.3) is 10.0 Å². The molecule has 2 aliphatic rings. The summed E-state index contributed by atoms with van der Waals surface area (Å²) < 4.78 is 39.2. The Kier molecular flexibility index (Phi) is 4.57. The lowest BCUT2D eigenvalue weighted by atomic mass is 10.0. The number of H-pyrrole nitrogens is 1. The van der Waals surface area contributed by atoms with Crippen LogP contribution in [0.15, 0.2) is 23.2 Å². The van der Waals surface area contributed by atoms with Crippen molar-refractivity contribution >= 4 is 21.5 Å². The Morgan fingerprint density at radius 1 is 1.19 bits per heavy atom. The number of rotatable bonds is 4. The summed E-state index contributed by atoms with van der Waals surface area (Å²) in [4.78, 5) is 6.74. The Bertz CT molecular complexity index is 890. The fourth-order valence-electron chi connectivity index (χ4n) is 3.64. The van der Waals surface area contributed by atoms with Gasteiger partial charge in [-0.3, -0.25) is 9.82 Å². The van der Waals surface area contributed by atoms with E-state index in [4.69, 9.17) is 9.47 Å². The number of sulfonamides is 1. The highest BCUT2D eigenvalue weighted by molar-refractivity contribution is 7.92. The van der Waals surface area contributed by atoms with Crippen LogP contribution in [-0.4, -0.2) is 55.7 Å². The lowest BCUT2D eigenvalue weighted by Gasteiger charge is -2.38. The van der Waals surface area contributed by atoms with E-state index in [9.17, 15) is 8.42 Å². The number of ether oxygens (including phenoxy) is 2. The summed E-state index contributed by atoms with van der Waals surface area (Å²) in [5.41, 5.74) is 1.35. The van der Waals surface area contributed by atoms with Gasteiger partial charge in [-0.2, -0.15) is 5.10 Å². The molecule has 0 aliphatic carbocycles. The first kappa shape index (κ1) is 18.2. The number of nitrogens with zero attached hydrogens (tertiary/aromatic N) is 3. The maximum Gasteiger partial charge on any atom is 0.265 e. The van der Waals surface area contributed by atoms with Crippen LogP contribution in [0.4, 0.5) is 11.5 Å². The molecular formula is C17H23N5O4S. The third-order valence-electron chi connectivity index (χ3n) is 4.99. The number of hydrogen-bond donors (Lipinski definition) is 2. The Labute approximate surface area is 158 Å². The largest absolute Gasteiger partial charge is 0.356 e. The minimum atomic E-state index is -3.71. The van der Waals surface area contributed by atoms with E-state index in [0.717, 1.165) is 31.7 Å². The molecule has 1 spiro atoms. The molecule has 2 aromatic heterocycles.